The van der Waals surface area contributed by atoms with Gasteiger partial charge in [0.05, 0.1) is 26.3 Å². The number of hydrogen-bond donors (Lipinski definition) is 1. The standard InChI is InChI=1S/C21H21N3O3/c1-26-19-8-7-14(9-15(19)11-21(22)25)10-16-12-18(24-13-23-16)17-5-3-4-6-20(17)27-2/h3-9,12-13H,10-11H2,1-2H3,(H2,22,25). The molecule has 2 aromatic carbocycles. The normalized spacial score (nSPS) is 10.4. The first-order valence-corrected chi connectivity index (χ1v) is 8.49. The number of para-hydroxylation sites is 1. The molecule has 0 unspecified atom stereocenters. The van der Waals surface area contributed by atoms with Crippen LogP contribution in [0.1, 0.15) is 16.8 Å². The van der Waals surface area contributed by atoms with Crippen molar-refractivity contribution < 1.29 is 14.3 Å². The molecule has 0 radical (unpaired) electrons. The Hall–Kier alpha value is -3.41. The number of rotatable bonds is 7. The van der Waals surface area contributed by atoms with Crippen molar-refractivity contribution in [2.75, 3.05) is 14.2 Å². The summed E-state index contributed by atoms with van der Waals surface area (Å²) < 4.78 is 10.7. The van der Waals surface area contributed by atoms with Gasteiger partial charge in [-0.25, -0.2) is 9.97 Å². The molecule has 0 aliphatic heterocycles. The SMILES string of the molecule is COc1ccc(Cc2cc(-c3ccccc3OC)ncn2)cc1CC(N)=O. The smallest absolute Gasteiger partial charge is 0.221 e. The van der Waals surface area contributed by atoms with E-state index in [1.54, 1.807) is 20.5 Å². The van der Waals surface area contributed by atoms with Gasteiger partial charge in [-0.05, 0) is 29.8 Å². The molecule has 0 saturated carbocycles. The largest absolute Gasteiger partial charge is 0.496 e. The molecule has 0 aliphatic carbocycles. The van der Waals surface area contributed by atoms with Gasteiger partial charge >= 0.3 is 0 Å². The molecule has 27 heavy (non-hydrogen) atoms. The molecule has 1 amide bonds. The van der Waals surface area contributed by atoms with Crippen LogP contribution in [0.25, 0.3) is 11.3 Å². The molecule has 0 fully saturated rings. The molecule has 0 aliphatic rings. The number of carbonyl (C=O) groups is 1. The highest BCUT2D eigenvalue weighted by atomic mass is 16.5. The number of nitrogens with two attached hydrogens (primary N) is 1. The minimum Gasteiger partial charge on any atom is -0.496 e. The summed E-state index contributed by atoms with van der Waals surface area (Å²) in [6, 6.07) is 15.4. The fraction of sp³-hybridized carbons (Fsp3) is 0.190. The summed E-state index contributed by atoms with van der Waals surface area (Å²) in [6.07, 6.45) is 2.28. The molecular formula is C21H21N3O3. The van der Waals surface area contributed by atoms with Crippen molar-refractivity contribution >= 4 is 5.91 Å². The third-order valence-electron chi connectivity index (χ3n) is 4.20. The van der Waals surface area contributed by atoms with E-state index in [1.165, 1.54) is 0 Å². The van der Waals surface area contributed by atoms with E-state index in [2.05, 4.69) is 9.97 Å². The van der Waals surface area contributed by atoms with Crippen LogP contribution in [0.15, 0.2) is 54.9 Å². The first-order chi connectivity index (χ1) is 13.1. The highest BCUT2D eigenvalue weighted by Gasteiger charge is 2.11. The Morgan fingerprint density at radius 2 is 1.78 bits per heavy atom. The fourth-order valence-corrected chi connectivity index (χ4v) is 2.97. The van der Waals surface area contributed by atoms with Crippen molar-refractivity contribution in [1.29, 1.82) is 0 Å². The van der Waals surface area contributed by atoms with Crippen LogP contribution in [0.3, 0.4) is 0 Å². The minimum atomic E-state index is -0.397. The Bertz CT molecular complexity index is 957. The maximum absolute atomic E-state index is 11.3. The van der Waals surface area contributed by atoms with Crippen LogP contribution in [0.2, 0.25) is 0 Å². The first kappa shape index (κ1) is 18.4. The lowest BCUT2D eigenvalue weighted by Crippen LogP contribution is -2.14. The third kappa shape index (κ3) is 4.41. The summed E-state index contributed by atoms with van der Waals surface area (Å²) in [7, 11) is 3.21. The number of aromatic nitrogens is 2. The lowest BCUT2D eigenvalue weighted by atomic mass is 10.0. The summed E-state index contributed by atoms with van der Waals surface area (Å²) in [5, 5.41) is 0. The summed E-state index contributed by atoms with van der Waals surface area (Å²) in [5.41, 5.74) is 9.68. The highest BCUT2D eigenvalue weighted by Crippen LogP contribution is 2.28. The summed E-state index contributed by atoms with van der Waals surface area (Å²) in [4.78, 5) is 20.0. The topological polar surface area (TPSA) is 87.3 Å². The van der Waals surface area contributed by atoms with Gasteiger partial charge in [0.15, 0.2) is 0 Å². The van der Waals surface area contributed by atoms with E-state index in [0.717, 1.165) is 33.8 Å². The molecular weight excluding hydrogens is 342 g/mol. The van der Waals surface area contributed by atoms with E-state index < -0.39 is 5.91 Å². The van der Waals surface area contributed by atoms with Gasteiger partial charge in [-0.15, -0.1) is 0 Å². The maximum Gasteiger partial charge on any atom is 0.221 e. The van der Waals surface area contributed by atoms with Crippen LogP contribution in [0.5, 0.6) is 11.5 Å². The van der Waals surface area contributed by atoms with Crippen molar-refractivity contribution in [1.82, 2.24) is 9.97 Å². The molecule has 1 aromatic heterocycles. The van der Waals surface area contributed by atoms with Gasteiger partial charge in [-0.2, -0.15) is 0 Å². The van der Waals surface area contributed by atoms with E-state index in [4.69, 9.17) is 15.2 Å². The highest BCUT2D eigenvalue weighted by molar-refractivity contribution is 5.77. The monoisotopic (exact) mass is 363 g/mol. The molecule has 0 saturated heterocycles. The van der Waals surface area contributed by atoms with Crippen LogP contribution in [0, 0.1) is 0 Å². The van der Waals surface area contributed by atoms with Crippen LogP contribution < -0.4 is 15.2 Å². The molecule has 1 heterocycles. The van der Waals surface area contributed by atoms with Gasteiger partial charge in [-0.3, -0.25) is 4.79 Å². The quantitative estimate of drug-likeness (QED) is 0.697. The van der Waals surface area contributed by atoms with Gasteiger partial charge in [0.25, 0.3) is 0 Å². The average Bonchev–Trinajstić information content (AvgIpc) is 2.68. The van der Waals surface area contributed by atoms with E-state index in [1.807, 2.05) is 48.5 Å². The summed E-state index contributed by atoms with van der Waals surface area (Å²) in [6.45, 7) is 0. The fourth-order valence-electron chi connectivity index (χ4n) is 2.97. The molecule has 6 nitrogen and oxygen atoms in total. The first-order valence-electron chi connectivity index (χ1n) is 8.49. The maximum atomic E-state index is 11.3. The van der Waals surface area contributed by atoms with Crippen LogP contribution in [-0.2, 0) is 17.6 Å². The van der Waals surface area contributed by atoms with Gasteiger partial charge in [-0.1, -0.05) is 24.3 Å². The molecule has 0 atom stereocenters. The second kappa shape index (κ2) is 8.31. The summed E-state index contributed by atoms with van der Waals surface area (Å²) >= 11 is 0. The zero-order valence-corrected chi connectivity index (χ0v) is 15.3. The van der Waals surface area contributed by atoms with E-state index >= 15 is 0 Å². The van der Waals surface area contributed by atoms with Crippen LogP contribution >= 0.6 is 0 Å². The molecule has 2 N–H and O–H groups in total. The molecule has 138 valence electrons. The van der Waals surface area contributed by atoms with Gasteiger partial charge < -0.3 is 15.2 Å². The Morgan fingerprint density at radius 3 is 2.52 bits per heavy atom. The predicted molar refractivity (Wildman–Crippen MR) is 103 cm³/mol. The minimum absolute atomic E-state index is 0.132. The van der Waals surface area contributed by atoms with Crippen LogP contribution in [0.4, 0.5) is 0 Å². The Morgan fingerprint density at radius 1 is 1.00 bits per heavy atom. The van der Waals surface area contributed by atoms with Crippen molar-refractivity contribution in [3.05, 3.63) is 71.7 Å². The Labute approximate surface area is 158 Å². The molecule has 0 bridgehead atoms. The number of amides is 1. The van der Waals surface area contributed by atoms with Crippen molar-refractivity contribution in [2.24, 2.45) is 5.73 Å². The number of carbonyl (C=O) groups excluding carboxylic acids is 1. The summed E-state index contributed by atoms with van der Waals surface area (Å²) in [5.74, 6) is 1.01. The predicted octanol–water partition coefficient (Wildman–Crippen LogP) is 2.78. The van der Waals surface area contributed by atoms with Gasteiger partial charge in [0.2, 0.25) is 5.91 Å². The molecule has 3 aromatic rings. The zero-order chi connectivity index (χ0) is 19.2. The number of ether oxygens (including phenoxy) is 2. The zero-order valence-electron chi connectivity index (χ0n) is 15.3. The molecule has 3 rings (SSSR count). The second-order valence-electron chi connectivity index (χ2n) is 6.06. The molecule has 6 heteroatoms. The van der Waals surface area contributed by atoms with E-state index in [9.17, 15) is 4.79 Å². The van der Waals surface area contributed by atoms with Gasteiger partial charge in [0.1, 0.15) is 17.8 Å². The van der Waals surface area contributed by atoms with Crippen molar-refractivity contribution in [3.63, 3.8) is 0 Å². The lowest BCUT2D eigenvalue weighted by Gasteiger charge is -2.11. The number of hydrogen-bond acceptors (Lipinski definition) is 5. The number of nitrogens with zero attached hydrogens (tertiary/aromatic N) is 2. The lowest BCUT2D eigenvalue weighted by molar-refractivity contribution is -0.117. The Balaban J connectivity index is 1.89. The van der Waals surface area contributed by atoms with Gasteiger partial charge in [0, 0.05) is 23.2 Å². The van der Waals surface area contributed by atoms with Crippen molar-refractivity contribution in [2.45, 2.75) is 12.8 Å². The van der Waals surface area contributed by atoms with Crippen LogP contribution in [-0.4, -0.2) is 30.1 Å². The third-order valence-corrected chi connectivity index (χ3v) is 4.20. The van der Waals surface area contributed by atoms with E-state index in [-0.39, 0.29) is 6.42 Å². The number of methoxy groups -OCH3 is 2. The Kier molecular flexibility index (Phi) is 5.66. The van der Waals surface area contributed by atoms with Crippen molar-refractivity contribution in [3.8, 4) is 22.8 Å². The van der Waals surface area contributed by atoms with E-state index in [0.29, 0.717) is 12.2 Å². The average molecular weight is 363 g/mol. The number of benzene rings is 2. The molecule has 0 spiro atoms. The number of primary amides is 1. The second-order valence-corrected chi connectivity index (χ2v) is 6.06.